The van der Waals surface area contributed by atoms with Gasteiger partial charge in [0.1, 0.15) is 5.75 Å². The molecule has 0 aromatic heterocycles. The number of benzene rings is 2. The quantitative estimate of drug-likeness (QED) is 0.798. The van der Waals surface area contributed by atoms with Gasteiger partial charge in [0.15, 0.2) is 0 Å². The van der Waals surface area contributed by atoms with Crippen LogP contribution in [0.1, 0.15) is 30.5 Å². The Kier molecular flexibility index (Phi) is 5.07. The molecule has 0 saturated heterocycles. The minimum atomic E-state index is 0.307. The van der Waals surface area contributed by atoms with E-state index < -0.39 is 0 Å². The summed E-state index contributed by atoms with van der Waals surface area (Å²) < 4.78 is 6.30. The fourth-order valence-electron chi connectivity index (χ4n) is 2.17. The van der Waals surface area contributed by atoms with Crippen LogP contribution in [0.25, 0.3) is 0 Å². The molecule has 0 spiro atoms. The van der Waals surface area contributed by atoms with Crippen molar-refractivity contribution in [2.24, 2.45) is 0 Å². The van der Waals surface area contributed by atoms with Crippen molar-refractivity contribution in [3.8, 4) is 5.75 Å². The molecule has 0 saturated carbocycles. The summed E-state index contributed by atoms with van der Waals surface area (Å²) in [5.41, 5.74) is 3.66. The number of halogens is 1. The molecule has 0 amide bonds. The molecule has 0 aliphatic rings. The smallest absolute Gasteiger partial charge is 0.135 e. The molecule has 0 heterocycles. The minimum absolute atomic E-state index is 0.307. The summed E-state index contributed by atoms with van der Waals surface area (Å²) in [6.07, 6.45) is 1.03. The maximum atomic E-state index is 5.34. The second-order valence-corrected chi connectivity index (χ2v) is 5.72. The van der Waals surface area contributed by atoms with Crippen LogP contribution < -0.4 is 10.1 Å². The Morgan fingerprint density at radius 2 is 1.85 bits per heavy atom. The number of anilines is 1. The summed E-state index contributed by atoms with van der Waals surface area (Å²) in [5, 5.41) is 3.57. The fourth-order valence-corrected chi connectivity index (χ4v) is 2.58. The van der Waals surface area contributed by atoms with Gasteiger partial charge in [-0.05, 0) is 47.0 Å². The van der Waals surface area contributed by atoms with Gasteiger partial charge in [-0.25, -0.2) is 0 Å². The Hall–Kier alpha value is -1.48. The van der Waals surface area contributed by atoms with Gasteiger partial charge in [-0.15, -0.1) is 0 Å². The number of methoxy groups -OCH3 is 1. The van der Waals surface area contributed by atoms with Crippen LogP contribution >= 0.6 is 15.9 Å². The summed E-state index contributed by atoms with van der Waals surface area (Å²) in [5.74, 6) is 0.841. The lowest BCUT2D eigenvalue weighted by atomic mass is 10.0. The predicted octanol–water partition coefficient (Wildman–Crippen LogP) is 5.33. The molecule has 0 aliphatic carbocycles. The maximum Gasteiger partial charge on any atom is 0.135 e. The molecule has 1 N–H and O–H groups in total. The predicted molar refractivity (Wildman–Crippen MR) is 88.5 cm³/mol. The zero-order chi connectivity index (χ0) is 14.5. The third-order valence-electron chi connectivity index (χ3n) is 3.38. The lowest BCUT2D eigenvalue weighted by Crippen LogP contribution is -2.09. The molecule has 1 unspecified atom stereocenters. The molecule has 3 heteroatoms. The van der Waals surface area contributed by atoms with Crippen molar-refractivity contribution in [2.75, 3.05) is 12.4 Å². The van der Waals surface area contributed by atoms with Crippen LogP contribution in [-0.2, 0) is 0 Å². The van der Waals surface area contributed by atoms with E-state index in [9.17, 15) is 0 Å². The lowest BCUT2D eigenvalue weighted by Gasteiger charge is -2.19. The van der Waals surface area contributed by atoms with Crippen molar-refractivity contribution in [2.45, 2.75) is 26.3 Å². The number of hydrogen-bond donors (Lipinski definition) is 1. The molecule has 2 rings (SSSR count). The molecule has 2 nitrogen and oxygen atoms in total. The maximum absolute atomic E-state index is 5.34. The minimum Gasteiger partial charge on any atom is -0.495 e. The Morgan fingerprint density at radius 3 is 2.45 bits per heavy atom. The molecule has 1 atom stereocenters. The molecule has 0 bridgehead atoms. The van der Waals surface area contributed by atoms with Gasteiger partial charge < -0.3 is 10.1 Å². The van der Waals surface area contributed by atoms with Crippen molar-refractivity contribution < 1.29 is 4.74 Å². The number of ether oxygens (including phenoxy) is 1. The molecule has 0 fully saturated rings. The van der Waals surface area contributed by atoms with Gasteiger partial charge in [-0.3, -0.25) is 0 Å². The summed E-state index contributed by atoms with van der Waals surface area (Å²) in [4.78, 5) is 0. The first-order valence-electron chi connectivity index (χ1n) is 6.80. The Balaban J connectivity index is 2.19. The second kappa shape index (κ2) is 6.80. The van der Waals surface area contributed by atoms with Gasteiger partial charge in [0.05, 0.1) is 17.6 Å². The standard InChI is InChI=1S/C17H20BrNO/c1-4-16(13-7-5-12(2)6-8-13)19-14-9-10-15(18)17(11-14)20-3/h5-11,16,19H,4H2,1-3H3. The van der Waals surface area contributed by atoms with Crippen LogP contribution in [0.15, 0.2) is 46.9 Å². The Bertz CT molecular complexity index is 566. The average molecular weight is 334 g/mol. The molecule has 20 heavy (non-hydrogen) atoms. The summed E-state index contributed by atoms with van der Waals surface area (Å²) in [7, 11) is 1.68. The van der Waals surface area contributed by atoms with Crippen LogP contribution in [0.3, 0.4) is 0 Å². The van der Waals surface area contributed by atoms with Crippen LogP contribution in [0, 0.1) is 6.92 Å². The highest BCUT2D eigenvalue weighted by molar-refractivity contribution is 9.10. The van der Waals surface area contributed by atoms with E-state index in [2.05, 4.69) is 65.4 Å². The molecule has 0 radical (unpaired) electrons. The zero-order valence-corrected chi connectivity index (χ0v) is 13.7. The summed E-state index contributed by atoms with van der Waals surface area (Å²) in [6, 6.07) is 15.1. The number of rotatable bonds is 5. The topological polar surface area (TPSA) is 21.3 Å². The number of aryl methyl sites for hydroxylation is 1. The molecule has 2 aromatic rings. The van der Waals surface area contributed by atoms with E-state index in [1.807, 2.05) is 12.1 Å². The van der Waals surface area contributed by atoms with Crippen LogP contribution in [-0.4, -0.2) is 7.11 Å². The summed E-state index contributed by atoms with van der Waals surface area (Å²) >= 11 is 3.47. The monoisotopic (exact) mass is 333 g/mol. The van der Waals surface area contributed by atoms with E-state index in [1.165, 1.54) is 11.1 Å². The zero-order valence-electron chi connectivity index (χ0n) is 12.1. The van der Waals surface area contributed by atoms with E-state index in [4.69, 9.17) is 4.74 Å². The van der Waals surface area contributed by atoms with Crippen molar-refractivity contribution in [3.05, 3.63) is 58.1 Å². The molecule has 106 valence electrons. The van der Waals surface area contributed by atoms with Crippen LogP contribution in [0.5, 0.6) is 5.75 Å². The first kappa shape index (κ1) is 14.9. The van der Waals surface area contributed by atoms with Crippen LogP contribution in [0.2, 0.25) is 0 Å². The molecular formula is C17H20BrNO. The molecule has 2 aromatic carbocycles. The number of hydrogen-bond acceptors (Lipinski definition) is 2. The van der Waals surface area contributed by atoms with E-state index >= 15 is 0 Å². The fraction of sp³-hybridized carbons (Fsp3) is 0.294. The van der Waals surface area contributed by atoms with Crippen molar-refractivity contribution in [3.63, 3.8) is 0 Å². The van der Waals surface area contributed by atoms with Crippen LogP contribution in [0.4, 0.5) is 5.69 Å². The van der Waals surface area contributed by atoms with Crippen molar-refractivity contribution >= 4 is 21.6 Å². The SMILES string of the molecule is CCC(Nc1ccc(Br)c(OC)c1)c1ccc(C)cc1. The largest absolute Gasteiger partial charge is 0.495 e. The van der Waals surface area contributed by atoms with Crippen molar-refractivity contribution in [1.82, 2.24) is 0 Å². The molecular weight excluding hydrogens is 314 g/mol. The van der Waals surface area contributed by atoms with E-state index in [-0.39, 0.29) is 0 Å². The lowest BCUT2D eigenvalue weighted by molar-refractivity contribution is 0.412. The third kappa shape index (κ3) is 3.54. The first-order chi connectivity index (χ1) is 9.63. The van der Waals surface area contributed by atoms with E-state index in [1.54, 1.807) is 7.11 Å². The normalized spacial score (nSPS) is 12.0. The highest BCUT2D eigenvalue weighted by atomic mass is 79.9. The van der Waals surface area contributed by atoms with Gasteiger partial charge in [0.25, 0.3) is 0 Å². The van der Waals surface area contributed by atoms with Gasteiger partial charge in [0.2, 0.25) is 0 Å². The highest BCUT2D eigenvalue weighted by Crippen LogP contribution is 2.30. The van der Waals surface area contributed by atoms with Gasteiger partial charge in [-0.2, -0.15) is 0 Å². The average Bonchev–Trinajstić information content (AvgIpc) is 2.47. The van der Waals surface area contributed by atoms with Gasteiger partial charge in [0, 0.05) is 11.8 Å². The Labute approximate surface area is 129 Å². The van der Waals surface area contributed by atoms with Crippen molar-refractivity contribution in [1.29, 1.82) is 0 Å². The number of nitrogens with one attached hydrogen (secondary N) is 1. The van der Waals surface area contributed by atoms with E-state index in [0.717, 1.165) is 22.3 Å². The first-order valence-corrected chi connectivity index (χ1v) is 7.60. The Morgan fingerprint density at radius 1 is 1.15 bits per heavy atom. The highest BCUT2D eigenvalue weighted by Gasteiger charge is 2.10. The van der Waals surface area contributed by atoms with Gasteiger partial charge in [-0.1, -0.05) is 36.8 Å². The molecule has 0 aliphatic heterocycles. The second-order valence-electron chi connectivity index (χ2n) is 4.87. The third-order valence-corrected chi connectivity index (χ3v) is 4.04. The summed E-state index contributed by atoms with van der Waals surface area (Å²) in [6.45, 7) is 4.30. The van der Waals surface area contributed by atoms with Gasteiger partial charge >= 0.3 is 0 Å². The van der Waals surface area contributed by atoms with E-state index in [0.29, 0.717) is 6.04 Å².